The Morgan fingerprint density at radius 3 is 2.54 bits per heavy atom. The largest absolute Gasteiger partial charge is 0.356 e. The third-order valence-electron chi connectivity index (χ3n) is 5.18. The Balaban J connectivity index is 2.03. The van der Waals surface area contributed by atoms with Gasteiger partial charge >= 0.3 is 0 Å². The van der Waals surface area contributed by atoms with Gasteiger partial charge in [-0.3, -0.25) is 4.79 Å². The highest BCUT2D eigenvalue weighted by atomic mass is 32.1. The molecule has 0 unspecified atom stereocenters. The molecule has 142 valence electrons. The Labute approximate surface area is 160 Å². The average Bonchev–Trinajstić information content (AvgIpc) is 2.98. The first kappa shape index (κ1) is 19.1. The van der Waals surface area contributed by atoms with E-state index in [4.69, 9.17) is 4.98 Å². The molecule has 1 aliphatic rings. The molecule has 3 rings (SSSR count). The number of unbranched alkanes of at least 4 members (excludes halogenated alkanes) is 1. The molecule has 1 amide bonds. The Kier molecular flexibility index (Phi) is 6.12. The Morgan fingerprint density at radius 1 is 1.15 bits per heavy atom. The van der Waals surface area contributed by atoms with Crippen LogP contribution in [0.1, 0.15) is 67.0 Å². The lowest BCUT2D eigenvalue weighted by molar-refractivity contribution is 0.0766. The van der Waals surface area contributed by atoms with Crippen molar-refractivity contribution < 1.29 is 4.79 Å². The highest BCUT2D eigenvalue weighted by molar-refractivity contribution is 7.20. The minimum absolute atomic E-state index is 0.142. The lowest BCUT2D eigenvalue weighted by Crippen LogP contribution is -2.31. The maximum atomic E-state index is 13.1. The van der Waals surface area contributed by atoms with Crippen LogP contribution >= 0.6 is 11.3 Å². The Hall–Kier alpha value is -1.69. The molecule has 5 nitrogen and oxygen atoms in total. The van der Waals surface area contributed by atoms with Gasteiger partial charge in [-0.05, 0) is 52.0 Å². The van der Waals surface area contributed by atoms with Crippen LogP contribution in [0.4, 0.5) is 5.82 Å². The molecule has 0 radical (unpaired) electrons. The maximum absolute atomic E-state index is 13.1. The summed E-state index contributed by atoms with van der Waals surface area (Å²) in [5.74, 6) is 1.96. The molecule has 2 aromatic heterocycles. The van der Waals surface area contributed by atoms with Gasteiger partial charge in [-0.25, -0.2) is 9.97 Å². The van der Waals surface area contributed by atoms with Gasteiger partial charge in [0, 0.05) is 26.2 Å². The molecule has 0 saturated carbocycles. The van der Waals surface area contributed by atoms with Crippen LogP contribution in [0.25, 0.3) is 10.2 Å². The third kappa shape index (κ3) is 3.70. The summed E-state index contributed by atoms with van der Waals surface area (Å²) in [5, 5.41) is 1.08. The van der Waals surface area contributed by atoms with Crippen LogP contribution in [0.2, 0.25) is 0 Å². The predicted octanol–water partition coefficient (Wildman–Crippen LogP) is 4.56. The number of amides is 1. The zero-order chi connectivity index (χ0) is 18.7. The van der Waals surface area contributed by atoms with Gasteiger partial charge in [-0.15, -0.1) is 11.3 Å². The molecule has 0 bridgehead atoms. The summed E-state index contributed by atoms with van der Waals surface area (Å²) in [5.41, 5.74) is 1.05. The number of nitrogens with zero attached hydrogens (tertiary/aromatic N) is 4. The topological polar surface area (TPSA) is 49.3 Å². The number of aromatic nitrogens is 2. The van der Waals surface area contributed by atoms with Gasteiger partial charge in [0.05, 0.1) is 10.3 Å². The molecule has 2 aromatic rings. The quantitative estimate of drug-likeness (QED) is 0.744. The van der Waals surface area contributed by atoms with Crippen LogP contribution in [0.15, 0.2) is 0 Å². The van der Waals surface area contributed by atoms with Gasteiger partial charge in [0.1, 0.15) is 16.5 Å². The summed E-state index contributed by atoms with van der Waals surface area (Å²) in [6.45, 7) is 11.9. The minimum Gasteiger partial charge on any atom is -0.356 e. The van der Waals surface area contributed by atoms with Gasteiger partial charge < -0.3 is 9.80 Å². The van der Waals surface area contributed by atoms with Gasteiger partial charge in [-0.2, -0.15) is 0 Å². The van der Waals surface area contributed by atoms with Crippen molar-refractivity contribution in [2.75, 3.05) is 31.1 Å². The molecule has 6 heteroatoms. The molecule has 1 aliphatic heterocycles. The summed E-state index contributed by atoms with van der Waals surface area (Å²) in [4.78, 5) is 28.7. The average molecular weight is 375 g/mol. The second kappa shape index (κ2) is 8.33. The predicted molar refractivity (Wildman–Crippen MR) is 109 cm³/mol. The second-order valence-electron chi connectivity index (χ2n) is 7.12. The molecule has 0 aliphatic carbocycles. The zero-order valence-electron chi connectivity index (χ0n) is 16.5. The summed E-state index contributed by atoms with van der Waals surface area (Å²) < 4.78 is 0. The molecular formula is C20H30N4OS. The van der Waals surface area contributed by atoms with Crippen LogP contribution in [0.3, 0.4) is 0 Å². The SMILES string of the molecule is CCCCN(CC)C(=O)c1sc2nc(C)nc(N3CCCCC3)c2c1C. The van der Waals surface area contributed by atoms with Crippen molar-refractivity contribution in [3.05, 3.63) is 16.3 Å². The van der Waals surface area contributed by atoms with Gasteiger partial charge in [0.25, 0.3) is 5.91 Å². The molecule has 0 spiro atoms. The van der Waals surface area contributed by atoms with Gasteiger partial charge in [-0.1, -0.05) is 13.3 Å². The summed E-state index contributed by atoms with van der Waals surface area (Å²) in [6, 6.07) is 0. The fraction of sp³-hybridized carbons (Fsp3) is 0.650. The highest BCUT2D eigenvalue weighted by Gasteiger charge is 2.25. The smallest absolute Gasteiger partial charge is 0.264 e. The number of piperidine rings is 1. The lowest BCUT2D eigenvalue weighted by atomic mass is 10.1. The van der Waals surface area contributed by atoms with E-state index in [0.29, 0.717) is 0 Å². The van der Waals surface area contributed by atoms with Crippen molar-refractivity contribution >= 4 is 33.3 Å². The highest BCUT2D eigenvalue weighted by Crippen LogP contribution is 2.37. The number of carbonyl (C=O) groups excluding carboxylic acids is 1. The molecular weight excluding hydrogens is 344 g/mol. The normalized spacial score (nSPS) is 14.8. The van der Waals surface area contributed by atoms with Crippen molar-refractivity contribution in [1.82, 2.24) is 14.9 Å². The van der Waals surface area contributed by atoms with Crippen molar-refractivity contribution in [2.45, 2.75) is 59.8 Å². The van der Waals surface area contributed by atoms with E-state index in [9.17, 15) is 4.79 Å². The lowest BCUT2D eigenvalue weighted by Gasteiger charge is -2.28. The van der Waals surface area contributed by atoms with Crippen LogP contribution < -0.4 is 4.90 Å². The zero-order valence-corrected chi connectivity index (χ0v) is 17.3. The minimum atomic E-state index is 0.142. The monoisotopic (exact) mass is 374 g/mol. The van der Waals surface area contributed by atoms with Crippen LogP contribution in [0, 0.1) is 13.8 Å². The first-order valence-electron chi connectivity index (χ1n) is 9.88. The number of aryl methyl sites for hydroxylation is 2. The van der Waals surface area contributed by atoms with E-state index in [2.05, 4.69) is 30.7 Å². The van der Waals surface area contributed by atoms with E-state index in [-0.39, 0.29) is 5.91 Å². The van der Waals surface area contributed by atoms with E-state index < -0.39 is 0 Å². The van der Waals surface area contributed by atoms with Crippen LogP contribution in [-0.4, -0.2) is 47.0 Å². The van der Waals surface area contributed by atoms with Crippen LogP contribution in [0.5, 0.6) is 0 Å². The second-order valence-corrected chi connectivity index (χ2v) is 8.12. The molecule has 0 N–H and O–H groups in total. The van der Waals surface area contributed by atoms with E-state index in [0.717, 1.165) is 71.3 Å². The first-order valence-corrected chi connectivity index (χ1v) is 10.7. The standard InChI is InChI=1S/C20H30N4OS/c1-5-7-11-23(6-2)20(25)17-14(3)16-18(24-12-9-8-10-13-24)21-15(4)22-19(16)26-17/h5-13H2,1-4H3. The molecule has 1 saturated heterocycles. The van der Waals surface area contributed by atoms with Gasteiger partial charge in [0.2, 0.25) is 0 Å². The maximum Gasteiger partial charge on any atom is 0.264 e. The number of anilines is 1. The molecule has 26 heavy (non-hydrogen) atoms. The first-order chi connectivity index (χ1) is 12.6. The van der Waals surface area contributed by atoms with Crippen molar-refractivity contribution in [3.63, 3.8) is 0 Å². The van der Waals surface area contributed by atoms with E-state index in [1.54, 1.807) is 0 Å². The number of hydrogen-bond acceptors (Lipinski definition) is 5. The fourth-order valence-corrected chi connectivity index (χ4v) is 4.84. The molecule has 0 atom stereocenters. The third-order valence-corrected chi connectivity index (χ3v) is 6.36. The number of carbonyl (C=O) groups is 1. The Bertz CT molecular complexity index is 780. The number of rotatable bonds is 6. The van der Waals surface area contributed by atoms with Gasteiger partial charge in [0.15, 0.2) is 0 Å². The molecule has 3 heterocycles. The summed E-state index contributed by atoms with van der Waals surface area (Å²) >= 11 is 1.53. The number of fused-ring (bicyclic) bond motifs is 1. The van der Waals surface area contributed by atoms with Crippen LogP contribution in [-0.2, 0) is 0 Å². The van der Waals surface area contributed by atoms with Crippen molar-refractivity contribution in [3.8, 4) is 0 Å². The van der Waals surface area contributed by atoms with E-state index >= 15 is 0 Å². The number of thiophene rings is 1. The van der Waals surface area contributed by atoms with E-state index in [1.807, 2.05) is 11.8 Å². The molecule has 0 aromatic carbocycles. The number of hydrogen-bond donors (Lipinski definition) is 0. The molecule has 1 fully saturated rings. The van der Waals surface area contributed by atoms with Crippen molar-refractivity contribution in [1.29, 1.82) is 0 Å². The summed E-state index contributed by atoms with van der Waals surface area (Å²) in [6.07, 6.45) is 5.85. The fourth-order valence-electron chi connectivity index (χ4n) is 3.66. The summed E-state index contributed by atoms with van der Waals surface area (Å²) in [7, 11) is 0. The van der Waals surface area contributed by atoms with E-state index in [1.165, 1.54) is 30.6 Å². The Morgan fingerprint density at radius 2 is 1.88 bits per heavy atom. The van der Waals surface area contributed by atoms with Crippen molar-refractivity contribution in [2.24, 2.45) is 0 Å².